The van der Waals surface area contributed by atoms with Crippen LogP contribution in [0.5, 0.6) is 5.75 Å². The van der Waals surface area contributed by atoms with Crippen molar-refractivity contribution in [1.82, 2.24) is 9.80 Å². The van der Waals surface area contributed by atoms with Gasteiger partial charge in [0.05, 0.1) is 20.3 Å². The quantitative estimate of drug-likeness (QED) is 0.843. The van der Waals surface area contributed by atoms with Crippen molar-refractivity contribution >= 4 is 11.8 Å². The molecule has 2 aliphatic heterocycles. The first kappa shape index (κ1) is 16.8. The molecule has 2 fully saturated rings. The molecule has 130 valence electrons. The van der Waals surface area contributed by atoms with Crippen LogP contribution in [0, 0.1) is 0 Å². The number of ether oxygens (including phenoxy) is 2. The Morgan fingerprint density at radius 1 is 1.17 bits per heavy atom. The lowest BCUT2D eigenvalue weighted by atomic mass is 9.99. The van der Waals surface area contributed by atoms with E-state index < -0.39 is 0 Å². The van der Waals surface area contributed by atoms with Gasteiger partial charge in [-0.15, -0.1) is 0 Å². The van der Waals surface area contributed by atoms with E-state index in [9.17, 15) is 9.59 Å². The van der Waals surface area contributed by atoms with Gasteiger partial charge in [0.15, 0.2) is 0 Å². The fourth-order valence-electron chi connectivity index (χ4n) is 3.35. The molecule has 0 radical (unpaired) electrons. The lowest BCUT2D eigenvalue weighted by Crippen LogP contribution is -2.55. The van der Waals surface area contributed by atoms with Gasteiger partial charge in [-0.25, -0.2) is 0 Å². The molecule has 0 saturated carbocycles. The molecule has 1 aromatic carbocycles. The average Bonchev–Trinajstić information content (AvgIpc) is 2.67. The topological polar surface area (TPSA) is 59.1 Å². The Balaban J connectivity index is 1.78. The summed E-state index contributed by atoms with van der Waals surface area (Å²) < 4.78 is 10.5. The Kier molecular flexibility index (Phi) is 5.35. The van der Waals surface area contributed by atoms with Gasteiger partial charge in [-0.2, -0.15) is 0 Å². The minimum atomic E-state index is -0.365. The highest BCUT2D eigenvalue weighted by atomic mass is 16.5. The van der Waals surface area contributed by atoms with Crippen LogP contribution in [0.4, 0.5) is 0 Å². The number of hydrogen-bond donors (Lipinski definition) is 0. The number of morpholine rings is 1. The van der Waals surface area contributed by atoms with Crippen LogP contribution in [-0.2, 0) is 9.53 Å². The van der Waals surface area contributed by atoms with Gasteiger partial charge in [-0.3, -0.25) is 9.59 Å². The van der Waals surface area contributed by atoms with Crippen molar-refractivity contribution < 1.29 is 19.1 Å². The maximum atomic E-state index is 12.9. The first-order chi connectivity index (χ1) is 11.7. The molecule has 2 saturated heterocycles. The van der Waals surface area contributed by atoms with Crippen molar-refractivity contribution in [3.63, 3.8) is 0 Å². The monoisotopic (exact) mass is 332 g/mol. The number of carbonyl (C=O) groups excluding carboxylic acids is 2. The standard InChI is InChI=1S/C18H24N2O4/c1-23-15-6-4-5-14(13-15)17(21)20-8-3-2-7-16(20)18(22)19-9-11-24-12-10-19/h4-6,13,16H,2-3,7-12H2,1H3. The smallest absolute Gasteiger partial charge is 0.254 e. The molecule has 2 heterocycles. The Bertz CT molecular complexity index is 598. The van der Waals surface area contributed by atoms with Gasteiger partial charge in [0.1, 0.15) is 11.8 Å². The maximum Gasteiger partial charge on any atom is 0.254 e. The molecule has 0 spiro atoms. The molecule has 1 unspecified atom stereocenters. The molecular formula is C18H24N2O4. The summed E-state index contributed by atoms with van der Waals surface area (Å²) in [6, 6.07) is 6.75. The van der Waals surface area contributed by atoms with Gasteiger partial charge in [0, 0.05) is 25.2 Å². The Morgan fingerprint density at radius 3 is 2.71 bits per heavy atom. The summed E-state index contributed by atoms with van der Waals surface area (Å²) in [7, 11) is 1.58. The van der Waals surface area contributed by atoms with Crippen molar-refractivity contribution in [3.05, 3.63) is 29.8 Å². The SMILES string of the molecule is COc1cccc(C(=O)N2CCCCC2C(=O)N2CCOCC2)c1. The van der Waals surface area contributed by atoms with E-state index in [0.717, 1.165) is 19.3 Å². The van der Waals surface area contributed by atoms with Crippen molar-refractivity contribution in [2.75, 3.05) is 40.0 Å². The molecule has 0 aromatic heterocycles. The normalized spacial score (nSPS) is 21.5. The van der Waals surface area contributed by atoms with E-state index in [1.807, 2.05) is 11.0 Å². The second-order valence-corrected chi connectivity index (χ2v) is 6.18. The molecule has 2 aliphatic rings. The summed E-state index contributed by atoms with van der Waals surface area (Å²) >= 11 is 0. The van der Waals surface area contributed by atoms with Crippen LogP contribution < -0.4 is 4.74 Å². The zero-order valence-electron chi connectivity index (χ0n) is 14.1. The highest BCUT2D eigenvalue weighted by Crippen LogP contribution is 2.23. The third-order valence-electron chi connectivity index (χ3n) is 4.69. The second-order valence-electron chi connectivity index (χ2n) is 6.18. The van der Waals surface area contributed by atoms with Gasteiger partial charge >= 0.3 is 0 Å². The summed E-state index contributed by atoms with van der Waals surface area (Å²) in [5.74, 6) is 0.600. The third-order valence-corrected chi connectivity index (χ3v) is 4.69. The van der Waals surface area contributed by atoms with Gasteiger partial charge in [-0.05, 0) is 37.5 Å². The number of likely N-dealkylation sites (tertiary alicyclic amines) is 1. The number of benzene rings is 1. The Morgan fingerprint density at radius 2 is 1.96 bits per heavy atom. The summed E-state index contributed by atoms with van der Waals surface area (Å²) in [6.07, 6.45) is 2.64. The van der Waals surface area contributed by atoms with Crippen molar-refractivity contribution in [2.45, 2.75) is 25.3 Å². The van der Waals surface area contributed by atoms with Gasteiger partial charge in [0.2, 0.25) is 5.91 Å². The van der Waals surface area contributed by atoms with Crippen LogP contribution in [0.25, 0.3) is 0 Å². The van der Waals surface area contributed by atoms with Gasteiger partial charge < -0.3 is 19.3 Å². The van der Waals surface area contributed by atoms with Crippen LogP contribution in [-0.4, -0.2) is 67.6 Å². The first-order valence-corrected chi connectivity index (χ1v) is 8.52. The molecule has 1 aromatic rings. The van der Waals surface area contributed by atoms with Gasteiger partial charge in [0.25, 0.3) is 5.91 Å². The van der Waals surface area contributed by atoms with Crippen molar-refractivity contribution in [2.24, 2.45) is 0 Å². The van der Waals surface area contributed by atoms with Crippen molar-refractivity contribution in [1.29, 1.82) is 0 Å². The van der Waals surface area contributed by atoms with E-state index in [4.69, 9.17) is 9.47 Å². The van der Waals surface area contributed by atoms with E-state index >= 15 is 0 Å². The third kappa shape index (κ3) is 3.53. The van der Waals surface area contributed by atoms with Crippen LogP contribution >= 0.6 is 0 Å². The van der Waals surface area contributed by atoms with Crippen LogP contribution in [0.2, 0.25) is 0 Å². The van der Waals surface area contributed by atoms with Gasteiger partial charge in [-0.1, -0.05) is 6.07 Å². The number of rotatable bonds is 3. The molecule has 0 N–H and O–H groups in total. The molecule has 6 nitrogen and oxygen atoms in total. The van der Waals surface area contributed by atoms with E-state index in [2.05, 4.69) is 0 Å². The summed E-state index contributed by atoms with van der Waals surface area (Å²) in [6.45, 7) is 2.98. The lowest BCUT2D eigenvalue weighted by molar-refractivity contribution is -0.141. The van der Waals surface area contributed by atoms with E-state index in [0.29, 0.717) is 44.2 Å². The van der Waals surface area contributed by atoms with E-state index in [-0.39, 0.29) is 17.9 Å². The number of piperidine rings is 1. The first-order valence-electron chi connectivity index (χ1n) is 8.52. The Labute approximate surface area is 142 Å². The number of amides is 2. The number of carbonyl (C=O) groups is 2. The highest BCUT2D eigenvalue weighted by molar-refractivity contribution is 5.98. The lowest BCUT2D eigenvalue weighted by Gasteiger charge is -2.38. The fourth-order valence-corrected chi connectivity index (χ4v) is 3.35. The van der Waals surface area contributed by atoms with E-state index in [1.165, 1.54) is 0 Å². The summed E-state index contributed by atoms with van der Waals surface area (Å²) in [5.41, 5.74) is 0.566. The number of hydrogen-bond acceptors (Lipinski definition) is 4. The Hall–Kier alpha value is -2.08. The molecule has 2 amide bonds. The summed E-state index contributed by atoms with van der Waals surface area (Å²) in [5, 5.41) is 0. The molecule has 6 heteroatoms. The largest absolute Gasteiger partial charge is 0.497 e. The minimum Gasteiger partial charge on any atom is -0.497 e. The molecule has 24 heavy (non-hydrogen) atoms. The molecule has 3 rings (SSSR count). The second kappa shape index (κ2) is 7.66. The van der Waals surface area contributed by atoms with Crippen molar-refractivity contribution in [3.8, 4) is 5.75 Å². The number of nitrogens with zero attached hydrogens (tertiary/aromatic N) is 2. The summed E-state index contributed by atoms with van der Waals surface area (Å²) in [4.78, 5) is 29.4. The van der Waals surface area contributed by atoms with Crippen LogP contribution in [0.15, 0.2) is 24.3 Å². The maximum absolute atomic E-state index is 12.9. The van der Waals surface area contributed by atoms with Crippen LogP contribution in [0.1, 0.15) is 29.6 Å². The molecule has 1 atom stereocenters. The number of methoxy groups -OCH3 is 1. The average molecular weight is 332 g/mol. The van der Waals surface area contributed by atoms with E-state index in [1.54, 1.807) is 30.2 Å². The zero-order chi connectivity index (χ0) is 16.9. The molecule has 0 aliphatic carbocycles. The molecule has 0 bridgehead atoms. The minimum absolute atomic E-state index is 0.0502. The highest BCUT2D eigenvalue weighted by Gasteiger charge is 2.35. The fraction of sp³-hybridized carbons (Fsp3) is 0.556. The predicted octanol–water partition coefficient (Wildman–Crippen LogP) is 1.55. The molecular weight excluding hydrogens is 308 g/mol. The van der Waals surface area contributed by atoms with Crippen LogP contribution in [0.3, 0.4) is 0 Å². The predicted molar refractivity (Wildman–Crippen MR) is 89.1 cm³/mol. The zero-order valence-corrected chi connectivity index (χ0v) is 14.1.